The maximum absolute atomic E-state index is 12.4. The highest BCUT2D eigenvalue weighted by Gasteiger charge is 2.45. The van der Waals surface area contributed by atoms with E-state index in [9.17, 15) is 19.2 Å². The Hall–Kier alpha value is -2.70. The van der Waals surface area contributed by atoms with E-state index in [4.69, 9.17) is 0 Å². The first kappa shape index (κ1) is 19.6. The minimum atomic E-state index is -0.947. The van der Waals surface area contributed by atoms with Crippen LogP contribution in [0.3, 0.4) is 0 Å². The third-order valence-electron chi connectivity index (χ3n) is 4.10. The second-order valence-corrected chi connectivity index (χ2v) is 6.80. The molecule has 0 saturated carbocycles. The fourth-order valence-electron chi connectivity index (χ4n) is 2.90. The molecule has 0 unspecified atom stereocenters. The number of carbonyl (C=O) groups is 4. The van der Waals surface area contributed by atoms with Crippen LogP contribution in [0.5, 0.6) is 0 Å². The first-order chi connectivity index (χ1) is 12.3. The molecule has 1 fully saturated rings. The zero-order valence-electron chi connectivity index (χ0n) is 15.4. The van der Waals surface area contributed by atoms with Crippen LogP contribution in [0.4, 0.5) is 4.79 Å². The highest BCUT2D eigenvalue weighted by Crippen LogP contribution is 2.19. The van der Waals surface area contributed by atoms with Gasteiger partial charge in [-0.1, -0.05) is 57.5 Å². The van der Waals surface area contributed by atoms with Gasteiger partial charge in [0.25, 0.3) is 0 Å². The summed E-state index contributed by atoms with van der Waals surface area (Å²) < 4.78 is 0. The Morgan fingerprint density at radius 2 is 1.65 bits per heavy atom. The summed E-state index contributed by atoms with van der Waals surface area (Å²) in [5.41, 5.74) is 0.958. The van der Waals surface area contributed by atoms with Crippen molar-refractivity contribution >= 4 is 23.8 Å². The van der Waals surface area contributed by atoms with E-state index in [1.165, 1.54) is 0 Å². The third kappa shape index (κ3) is 4.47. The summed E-state index contributed by atoms with van der Waals surface area (Å²) in [4.78, 5) is 50.4. The van der Waals surface area contributed by atoms with E-state index in [1.54, 1.807) is 0 Å². The lowest BCUT2D eigenvalue weighted by Gasteiger charge is -2.21. The lowest BCUT2D eigenvalue weighted by molar-refractivity contribution is -0.144. The van der Waals surface area contributed by atoms with Crippen LogP contribution in [0, 0.1) is 5.92 Å². The molecular formula is C19H25N3O4. The van der Waals surface area contributed by atoms with E-state index >= 15 is 0 Å². The normalized spacial score (nSPS) is 15.8. The van der Waals surface area contributed by atoms with Gasteiger partial charge in [0.05, 0.1) is 6.04 Å². The molecule has 26 heavy (non-hydrogen) atoms. The summed E-state index contributed by atoms with van der Waals surface area (Å²) in [7, 11) is 0. The van der Waals surface area contributed by atoms with Gasteiger partial charge < -0.3 is 5.32 Å². The van der Waals surface area contributed by atoms with Crippen molar-refractivity contribution in [1.29, 1.82) is 0 Å². The molecule has 1 saturated heterocycles. The monoisotopic (exact) mass is 359 g/mol. The quantitative estimate of drug-likeness (QED) is 0.569. The van der Waals surface area contributed by atoms with E-state index in [1.807, 2.05) is 51.1 Å². The highest BCUT2D eigenvalue weighted by atomic mass is 16.2. The van der Waals surface area contributed by atoms with Crippen molar-refractivity contribution in [3.05, 3.63) is 35.9 Å². The predicted molar refractivity (Wildman–Crippen MR) is 95.9 cm³/mol. The molecule has 0 radical (unpaired) electrons. The van der Waals surface area contributed by atoms with Gasteiger partial charge in [0.15, 0.2) is 0 Å². The first-order valence-electron chi connectivity index (χ1n) is 8.86. The maximum Gasteiger partial charge on any atom is 0.334 e. The van der Waals surface area contributed by atoms with Crippen LogP contribution in [0.25, 0.3) is 0 Å². The van der Waals surface area contributed by atoms with Crippen LogP contribution in [-0.2, 0) is 14.4 Å². The van der Waals surface area contributed by atoms with Gasteiger partial charge in [-0.25, -0.2) is 9.69 Å². The number of urea groups is 1. The molecule has 1 atom stereocenters. The molecule has 1 N–H and O–H groups in total. The van der Waals surface area contributed by atoms with Gasteiger partial charge in [-0.15, -0.1) is 0 Å². The van der Waals surface area contributed by atoms with Crippen molar-refractivity contribution in [3.63, 3.8) is 0 Å². The summed E-state index contributed by atoms with van der Waals surface area (Å²) in [5.74, 6) is -2.24. The molecule has 0 aromatic heterocycles. The molecule has 1 aliphatic rings. The van der Waals surface area contributed by atoms with Crippen LogP contribution in [0.15, 0.2) is 30.3 Å². The fraction of sp³-hybridized carbons (Fsp3) is 0.474. The lowest BCUT2D eigenvalue weighted by atomic mass is 10.0. The van der Waals surface area contributed by atoms with Gasteiger partial charge in [0.2, 0.25) is 5.91 Å². The topological polar surface area (TPSA) is 86.8 Å². The molecule has 1 aromatic rings. The summed E-state index contributed by atoms with van der Waals surface area (Å²) in [5, 5.41) is 2.86. The molecule has 7 nitrogen and oxygen atoms in total. The smallest absolute Gasteiger partial charge is 0.334 e. The van der Waals surface area contributed by atoms with Gasteiger partial charge in [0, 0.05) is 6.54 Å². The van der Waals surface area contributed by atoms with Crippen molar-refractivity contribution in [2.24, 2.45) is 5.92 Å². The Labute approximate surface area is 153 Å². The number of nitrogens with one attached hydrogen (secondary N) is 1. The number of imide groups is 2. The highest BCUT2D eigenvalue weighted by molar-refractivity contribution is 6.45. The number of rotatable bonds is 8. The Balaban J connectivity index is 2.05. The minimum absolute atomic E-state index is 0.0384. The summed E-state index contributed by atoms with van der Waals surface area (Å²) in [6.45, 7) is 5.40. The number of carbonyl (C=O) groups excluding carboxylic acids is 4. The number of nitrogens with zero attached hydrogens (tertiary/aromatic N) is 2. The fourth-order valence-corrected chi connectivity index (χ4v) is 2.90. The van der Waals surface area contributed by atoms with Crippen LogP contribution in [-0.4, -0.2) is 46.6 Å². The van der Waals surface area contributed by atoms with E-state index in [0.29, 0.717) is 4.90 Å². The number of hydrogen-bond acceptors (Lipinski definition) is 4. The number of hydrogen-bond donors (Lipinski definition) is 1. The summed E-state index contributed by atoms with van der Waals surface area (Å²) >= 11 is 0. The van der Waals surface area contributed by atoms with Gasteiger partial charge >= 0.3 is 17.8 Å². The van der Waals surface area contributed by atoms with Crippen molar-refractivity contribution in [3.8, 4) is 0 Å². The number of amides is 5. The van der Waals surface area contributed by atoms with Crippen molar-refractivity contribution < 1.29 is 19.2 Å². The standard InChI is InChI=1S/C19H25N3O4/c1-4-8-15(14-9-6-5-7-10-14)20-16(23)12-22-18(25)17(24)21(19(22)26)11-13(2)3/h5-7,9-10,13,15H,4,8,11-12H2,1-3H3,(H,20,23)/t15-/m1/s1. The Morgan fingerprint density at radius 3 is 2.23 bits per heavy atom. The SMILES string of the molecule is CCC[C@@H](NC(=O)CN1C(=O)C(=O)N(CC(C)C)C1=O)c1ccccc1. The second-order valence-electron chi connectivity index (χ2n) is 6.80. The summed E-state index contributed by atoms with van der Waals surface area (Å²) in [6, 6.07) is 8.58. The molecule has 1 aromatic carbocycles. The average molecular weight is 359 g/mol. The second kappa shape index (κ2) is 8.60. The van der Waals surface area contributed by atoms with Crippen LogP contribution in [0.1, 0.15) is 45.2 Å². The van der Waals surface area contributed by atoms with Crippen molar-refractivity contribution in [2.45, 2.75) is 39.7 Å². The molecule has 5 amide bonds. The Bertz CT molecular complexity index is 687. The van der Waals surface area contributed by atoms with E-state index in [2.05, 4.69) is 5.32 Å². The third-order valence-corrected chi connectivity index (χ3v) is 4.10. The zero-order chi connectivity index (χ0) is 19.3. The van der Waals surface area contributed by atoms with Crippen LogP contribution < -0.4 is 5.32 Å². The van der Waals surface area contributed by atoms with E-state index in [0.717, 1.165) is 23.3 Å². The zero-order valence-corrected chi connectivity index (χ0v) is 15.4. The molecule has 0 spiro atoms. The predicted octanol–water partition coefficient (Wildman–Crippen LogP) is 2.09. The number of benzene rings is 1. The Morgan fingerprint density at radius 1 is 1.04 bits per heavy atom. The first-order valence-corrected chi connectivity index (χ1v) is 8.86. The van der Waals surface area contributed by atoms with Gasteiger partial charge in [-0.2, -0.15) is 0 Å². The van der Waals surface area contributed by atoms with Crippen LogP contribution in [0.2, 0.25) is 0 Å². The lowest BCUT2D eigenvalue weighted by Crippen LogP contribution is -2.42. The van der Waals surface area contributed by atoms with E-state index in [-0.39, 0.29) is 18.5 Å². The molecule has 1 heterocycles. The Kier molecular flexibility index (Phi) is 6.49. The average Bonchev–Trinajstić information content (AvgIpc) is 2.80. The summed E-state index contributed by atoms with van der Waals surface area (Å²) in [6.07, 6.45) is 1.60. The van der Waals surface area contributed by atoms with Crippen molar-refractivity contribution in [2.75, 3.05) is 13.1 Å². The molecule has 2 rings (SSSR count). The van der Waals surface area contributed by atoms with Crippen LogP contribution >= 0.6 is 0 Å². The molecular weight excluding hydrogens is 334 g/mol. The van der Waals surface area contributed by atoms with Crippen molar-refractivity contribution in [1.82, 2.24) is 15.1 Å². The molecule has 140 valence electrons. The molecule has 0 bridgehead atoms. The van der Waals surface area contributed by atoms with Gasteiger partial charge in [-0.05, 0) is 17.9 Å². The maximum atomic E-state index is 12.4. The molecule has 1 aliphatic heterocycles. The van der Waals surface area contributed by atoms with Gasteiger partial charge in [0.1, 0.15) is 6.54 Å². The molecule has 7 heteroatoms. The van der Waals surface area contributed by atoms with E-state index < -0.39 is 30.3 Å². The minimum Gasteiger partial charge on any atom is -0.348 e. The van der Waals surface area contributed by atoms with Gasteiger partial charge in [-0.3, -0.25) is 19.3 Å². The largest absolute Gasteiger partial charge is 0.348 e. The molecule has 0 aliphatic carbocycles.